The van der Waals surface area contributed by atoms with E-state index in [-0.39, 0.29) is 18.4 Å². The Kier molecular flexibility index (Phi) is 3.89. The molecule has 0 spiro atoms. The predicted octanol–water partition coefficient (Wildman–Crippen LogP) is 0.300. The summed E-state index contributed by atoms with van der Waals surface area (Å²) in [5.41, 5.74) is -0.445. The maximum atomic E-state index is 11.5. The van der Waals surface area contributed by atoms with Crippen LogP contribution in [0.25, 0.3) is 0 Å². The second-order valence-electron chi connectivity index (χ2n) is 4.19. The smallest absolute Gasteiger partial charge is 0.223 e. The van der Waals surface area contributed by atoms with Crippen LogP contribution in [0.1, 0.15) is 26.7 Å². The lowest BCUT2D eigenvalue weighted by molar-refractivity contribution is -0.128. The van der Waals surface area contributed by atoms with Crippen molar-refractivity contribution in [2.45, 2.75) is 32.2 Å². The summed E-state index contributed by atoms with van der Waals surface area (Å²) in [6.45, 7) is 4.91. The zero-order valence-corrected chi connectivity index (χ0v) is 8.88. The molecule has 0 saturated carbocycles. The molecule has 1 aliphatic rings. The van der Waals surface area contributed by atoms with E-state index in [1.165, 1.54) is 0 Å². The molecule has 1 aliphatic heterocycles. The zero-order chi connectivity index (χ0) is 10.6. The van der Waals surface area contributed by atoms with Crippen molar-refractivity contribution in [2.24, 2.45) is 5.92 Å². The minimum atomic E-state index is -0.445. The molecule has 0 radical (unpaired) electrons. The van der Waals surface area contributed by atoms with E-state index in [1.54, 1.807) is 0 Å². The van der Waals surface area contributed by atoms with Crippen LogP contribution >= 0.6 is 0 Å². The first-order chi connectivity index (χ1) is 6.59. The predicted molar refractivity (Wildman–Crippen MR) is 52.9 cm³/mol. The number of amides is 1. The molecule has 14 heavy (non-hydrogen) atoms. The maximum absolute atomic E-state index is 11.5. The highest BCUT2D eigenvalue weighted by molar-refractivity contribution is 5.78. The molecule has 0 atom stereocenters. The van der Waals surface area contributed by atoms with Crippen molar-refractivity contribution in [3.8, 4) is 0 Å². The van der Waals surface area contributed by atoms with E-state index in [2.05, 4.69) is 5.32 Å². The van der Waals surface area contributed by atoms with Gasteiger partial charge in [-0.2, -0.15) is 0 Å². The number of aliphatic hydroxyl groups is 1. The second kappa shape index (κ2) is 4.75. The van der Waals surface area contributed by atoms with Crippen LogP contribution in [0.3, 0.4) is 0 Å². The molecule has 0 unspecified atom stereocenters. The first-order valence-corrected chi connectivity index (χ1v) is 5.10. The van der Waals surface area contributed by atoms with Crippen LogP contribution in [0.4, 0.5) is 0 Å². The molecule has 1 amide bonds. The first kappa shape index (κ1) is 11.5. The Hall–Kier alpha value is -0.610. The Morgan fingerprint density at radius 1 is 1.50 bits per heavy atom. The molecule has 4 heteroatoms. The van der Waals surface area contributed by atoms with Gasteiger partial charge in [0, 0.05) is 19.1 Å². The molecule has 2 N–H and O–H groups in total. The molecule has 1 heterocycles. The summed E-state index contributed by atoms with van der Waals surface area (Å²) in [6.07, 6.45) is 1.39. The average Bonchev–Trinajstić information content (AvgIpc) is 2.19. The van der Waals surface area contributed by atoms with Crippen molar-refractivity contribution in [3.63, 3.8) is 0 Å². The normalized spacial score (nSPS) is 20.9. The fourth-order valence-electron chi connectivity index (χ4n) is 1.49. The summed E-state index contributed by atoms with van der Waals surface area (Å²) in [5, 5.41) is 12.2. The Balaban J connectivity index is 2.56. The molecule has 0 aromatic carbocycles. The number of carbonyl (C=O) groups is 1. The molecular weight excluding hydrogens is 182 g/mol. The van der Waals surface area contributed by atoms with Crippen LogP contribution in [-0.2, 0) is 9.53 Å². The van der Waals surface area contributed by atoms with Crippen LogP contribution in [0, 0.1) is 5.92 Å². The van der Waals surface area contributed by atoms with Crippen molar-refractivity contribution in [3.05, 3.63) is 0 Å². The third kappa shape index (κ3) is 2.69. The fraction of sp³-hybridized carbons (Fsp3) is 0.900. The third-order valence-electron chi connectivity index (χ3n) is 2.67. The van der Waals surface area contributed by atoms with Crippen molar-refractivity contribution >= 4 is 5.91 Å². The van der Waals surface area contributed by atoms with Gasteiger partial charge in [0.05, 0.1) is 12.1 Å². The van der Waals surface area contributed by atoms with Gasteiger partial charge in [0.2, 0.25) is 5.91 Å². The van der Waals surface area contributed by atoms with E-state index < -0.39 is 5.54 Å². The molecule has 0 bridgehead atoms. The van der Waals surface area contributed by atoms with E-state index >= 15 is 0 Å². The van der Waals surface area contributed by atoms with Crippen molar-refractivity contribution in [1.82, 2.24) is 5.32 Å². The van der Waals surface area contributed by atoms with E-state index in [0.717, 1.165) is 0 Å². The van der Waals surface area contributed by atoms with Crippen LogP contribution in [0.15, 0.2) is 0 Å². The highest BCUT2D eigenvalue weighted by Crippen LogP contribution is 2.20. The van der Waals surface area contributed by atoms with Gasteiger partial charge in [0.25, 0.3) is 0 Å². The summed E-state index contributed by atoms with van der Waals surface area (Å²) in [5.74, 6) is -0.0396. The number of hydrogen-bond acceptors (Lipinski definition) is 3. The van der Waals surface area contributed by atoms with Gasteiger partial charge in [-0.25, -0.2) is 0 Å². The van der Waals surface area contributed by atoms with Gasteiger partial charge in [-0.15, -0.1) is 0 Å². The van der Waals surface area contributed by atoms with E-state index in [9.17, 15) is 9.90 Å². The molecule has 1 rings (SSSR count). The summed E-state index contributed by atoms with van der Waals surface area (Å²) in [4.78, 5) is 11.5. The lowest BCUT2D eigenvalue weighted by Crippen LogP contribution is -2.55. The number of rotatable bonds is 3. The molecule has 1 saturated heterocycles. The standard InChI is InChI=1S/C10H19NO3/c1-8(2)9(13)11-10(7-12)3-5-14-6-4-10/h8,12H,3-7H2,1-2H3,(H,11,13). The molecule has 1 fully saturated rings. The van der Waals surface area contributed by atoms with Crippen molar-refractivity contribution in [2.75, 3.05) is 19.8 Å². The average molecular weight is 201 g/mol. The number of hydrogen-bond donors (Lipinski definition) is 2. The van der Waals surface area contributed by atoms with E-state index in [1.807, 2.05) is 13.8 Å². The van der Waals surface area contributed by atoms with E-state index in [4.69, 9.17) is 4.74 Å². The number of aliphatic hydroxyl groups excluding tert-OH is 1. The Bertz CT molecular complexity index is 198. The first-order valence-electron chi connectivity index (χ1n) is 5.10. The largest absolute Gasteiger partial charge is 0.394 e. The molecule has 4 nitrogen and oxygen atoms in total. The van der Waals surface area contributed by atoms with Gasteiger partial charge in [-0.1, -0.05) is 13.8 Å². The summed E-state index contributed by atoms with van der Waals surface area (Å²) >= 11 is 0. The van der Waals surface area contributed by atoms with Crippen LogP contribution < -0.4 is 5.32 Å². The minimum absolute atomic E-state index is 0.000880. The highest BCUT2D eigenvalue weighted by Gasteiger charge is 2.33. The minimum Gasteiger partial charge on any atom is -0.394 e. The Labute approximate surface area is 84.6 Å². The van der Waals surface area contributed by atoms with Gasteiger partial charge >= 0.3 is 0 Å². The monoisotopic (exact) mass is 201 g/mol. The molecule has 0 aliphatic carbocycles. The van der Waals surface area contributed by atoms with Gasteiger partial charge in [-0.3, -0.25) is 4.79 Å². The topological polar surface area (TPSA) is 58.6 Å². The summed E-state index contributed by atoms with van der Waals surface area (Å²) < 4.78 is 5.21. The highest BCUT2D eigenvalue weighted by atomic mass is 16.5. The second-order valence-corrected chi connectivity index (χ2v) is 4.19. The summed E-state index contributed by atoms with van der Waals surface area (Å²) in [6, 6.07) is 0. The van der Waals surface area contributed by atoms with E-state index in [0.29, 0.717) is 26.1 Å². The maximum Gasteiger partial charge on any atom is 0.223 e. The van der Waals surface area contributed by atoms with Crippen LogP contribution in [0.5, 0.6) is 0 Å². The van der Waals surface area contributed by atoms with Crippen molar-refractivity contribution in [1.29, 1.82) is 0 Å². The van der Waals surface area contributed by atoms with Gasteiger partial charge in [0.1, 0.15) is 0 Å². The molecule has 82 valence electrons. The molecular formula is C10H19NO3. The fourth-order valence-corrected chi connectivity index (χ4v) is 1.49. The van der Waals surface area contributed by atoms with Crippen LogP contribution in [-0.4, -0.2) is 36.4 Å². The summed E-state index contributed by atoms with van der Waals surface area (Å²) in [7, 11) is 0. The third-order valence-corrected chi connectivity index (χ3v) is 2.67. The Morgan fingerprint density at radius 2 is 2.07 bits per heavy atom. The molecule has 0 aromatic rings. The van der Waals surface area contributed by atoms with Gasteiger partial charge in [0.15, 0.2) is 0 Å². The Morgan fingerprint density at radius 3 is 2.50 bits per heavy atom. The van der Waals surface area contributed by atoms with Crippen molar-refractivity contribution < 1.29 is 14.6 Å². The van der Waals surface area contributed by atoms with Crippen LogP contribution in [0.2, 0.25) is 0 Å². The number of carbonyl (C=O) groups excluding carboxylic acids is 1. The molecule has 0 aromatic heterocycles. The number of ether oxygens (including phenoxy) is 1. The van der Waals surface area contributed by atoms with Gasteiger partial charge < -0.3 is 15.2 Å². The lowest BCUT2D eigenvalue weighted by Gasteiger charge is -2.36. The quantitative estimate of drug-likeness (QED) is 0.690. The lowest BCUT2D eigenvalue weighted by atomic mass is 9.90. The SMILES string of the molecule is CC(C)C(=O)NC1(CO)CCOCC1. The van der Waals surface area contributed by atoms with Gasteiger partial charge in [-0.05, 0) is 12.8 Å². The zero-order valence-electron chi connectivity index (χ0n) is 8.88. The number of nitrogens with one attached hydrogen (secondary N) is 1.